The fourth-order valence-electron chi connectivity index (χ4n) is 3.06. The zero-order valence-electron chi connectivity index (χ0n) is 17.9. The second-order valence-electron chi connectivity index (χ2n) is 6.83. The minimum atomic E-state index is -3.18. The number of aromatic nitrogens is 2. The Labute approximate surface area is 186 Å². The fraction of sp³-hybridized carbons (Fsp3) is 0.217. The summed E-state index contributed by atoms with van der Waals surface area (Å²) in [5.74, 6) is -0.646. The van der Waals surface area contributed by atoms with Crippen molar-refractivity contribution in [2.45, 2.75) is 20.0 Å². The van der Waals surface area contributed by atoms with Gasteiger partial charge in [-0.3, -0.25) is 14.5 Å². The van der Waals surface area contributed by atoms with Gasteiger partial charge in [-0.1, -0.05) is 12.1 Å². The van der Waals surface area contributed by atoms with Crippen LogP contribution in [0.5, 0.6) is 0 Å². The highest BCUT2D eigenvalue weighted by Crippen LogP contribution is 2.51. The molecule has 0 atom stereocenters. The largest absolute Gasteiger partial charge is 0.335 e. The number of rotatable bonds is 10. The van der Waals surface area contributed by atoms with E-state index in [9.17, 15) is 13.8 Å². The first-order valence-electron chi connectivity index (χ1n) is 10.2. The van der Waals surface area contributed by atoms with Gasteiger partial charge in [0.1, 0.15) is 5.82 Å². The lowest BCUT2D eigenvalue weighted by molar-refractivity contribution is -0.111. The summed E-state index contributed by atoms with van der Waals surface area (Å²) in [6, 6.07) is 13.0. The van der Waals surface area contributed by atoms with Crippen LogP contribution in [0, 0.1) is 5.82 Å². The number of halogens is 1. The Kier molecular flexibility index (Phi) is 8.11. The molecule has 9 heteroatoms. The van der Waals surface area contributed by atoms with Gasteiger partial charge in [0, 0.05) is 22.9 Å². The Morgan fingerprint density at radius 1 is 1.09 bits per heavy atom. The van der Waals surface area contributed by atoms with E-state index in [1.807, 2.05) is 0 Å². The van der Waals surface area contributed by atoms with Crippen LogP contribution in [0.2, 0.25) is 0 Å². The molecule has 7 nitrogen and oxygen atoms in total. The molecule has 3 rings (SSSR count). The molecule has 0 aliphatic heterocycles. The quantitative estimate of drug-likeness (QED) is 0.304. The summed E-state index contributed by atoms with van der Waals surface area (Å²) in [5, 5.41) is 9.64. The second-order valence-corrected chi connectivity index (χ2v) is 8.89. The van der Waals surface area contributed by atoms with E-state index in [-0.39, 0.29) is 17.9 Å². The van der Waals surface area contributed by atoms with Crippen LogP contribution < -0.4 is 5.32 Å². The van der Waals surface area contributed by atoms with Crippen LogP contribution in [0.25, 0.3) is 17.3 Å². The molecule has 0 unspecified atom stereocenters. The third kappa shape index (κ3) is 6.47. The van der Waals surface area contributed by atoms with E-state index in [1.54, 1.807) is 62.5 Å². The van der Waals surface area contributed by atoms with Crippen molar-refractivity contribution in [3.8, 4) is 11.3 Å². The molecule has 0 bridgehead atoms. The third-order valence-corrected chi connectivity index (χ3v) is 6.52. The normalized spacial score (nSPS) is 11.7. The molecule has 3 aromatic rings. The molecule has 0 saturated carbocycles. The number of H-pyrrole nitrogens is 1. The maximum Gasteiger partial charge on any atom is 0.335 e. The minimum Gasteiger partial charge on any atom is -0.323 e. The van der Waals surface area contributed by atoms with Crippen LogP contribution >= 0.6 is 7.60 Å². The first kappa shape index (κ1) is 23.6. The van der Waals surface area contributed by atoms with Crippen molar-refractivity contribution < 1.29 is 22.8 Å². The molecule has 1 heterocycles. The predicted molar refractivity (Wildman–Crippen MR) is 123 cm³/mol. The van der Waals surface area contributed by atoms with Crippen LogP contribution in [0.1, 0.15) is 25.0 Å². The van der Waals surface area contributed by atoms with Gasteiger partial charge in [0.05, 0.1) is 31.3 Å². The van der Waals surface area contributed by atoms with Crippen LogP contribution in [0.3, 0.4) is 0 Å². The molecule has 0 radical (unpaired) electrons. The standard InChI is InChI=1S/C23H25FN3O4P/c1-3-30-32(29,31-4-2)16-17-5-12-21(13-6-17)26-22(28)14-9-19-15-25-27-23(19)18-7-10-20(24)11-8-18/h5-15H,3-4,16H2,1-2H3,(H,25,27)(H,26,28). The van der Waals surface area contributed by atoms with Crippen LogP contribution in [-0.4, -0.2) is 29.3 Å². The zero-order valence-corrected chi connectivity index (χ0v) is 18.8. The second kappa shape index (κ2) is 11.0. The van der Waals surface area contributed by atoms with Crippen LogP contribution in [0.4, 0.5) is 10.1 Å². The molecule has 32 heavy (non-hydrogen) atoms. The lowest BCUT2D eigenvalue weighted by atomic mass is 10.1. The SMILES string of the molecule is CCOP(=O)(Cc1ccc(NC(=O)C=Cc2cn[nH]c2-c2ccc(F)cc2)cc1)OCC. The van der Waals surface area contributed by atoms with E-state index >= 15 is 0 Å². The Bertz CT molecular complexity index is 1100. The minimum absolute atomic E-state index is 0.162. The maximum absolute atomic E-state index is 13.1. The van der Waals surface area contributed by atoms with Gasteiger partial charge in [0.2, 0.25) is 5.91 Å². The van der Waals surface area contributed by atoms with Gasteiger partial charge in [-0.05, 0) is 61.9 Å². The number of nitrogens with one attached hydrogen (secondary N) is 2. The first-order chi connectivity index (χ1) is 15.4. The Hall–Kier alpha value is -3.06. The molecule has 1 amide bonds. The molecule has 0 fully saturated rings. The van der Waals surface area contributed by atoms with Gasteiger partial charge >= 0.3 is 7.60 Å². The number of hydrogen-bond donors (Lipinski definition) is 2. The highest BCUT2D eigenvalue weighted by Gasteiger charge is 2.23. The van der Waals surface area contributed by atoms with Gasteiger partial charge in [0.25, 0.3) is 0 Å². The third-order valence-electron chi connectivity index (χ3n) is 4.47. The van der Waals surface area contributed by atoms with Crippen LogP contribution in [0.15, 0.2) is 60.8 Å². The molecule has 1 aromatic heterocycles. The topological polar surface area (TPSA) is 93.3 Å². The van der Waals surface area contributed by atoms with E-state index in [4.69, 9.17) is 9.05 Å². The number of nitrogens with zero attached hydrogens (tertiary/aromatic N) is 1. The van der Waals surface area contributed by atoms with E-state index in [0.29, 0.717) is 30.2 Å². The summed E-state index contributed by atoms with van der Waals surface area (Å²) in [5.41, 5.74) is 3.52. The van der Waals surface area contributed by atoms with Crippen molar-refractivity contribution >= 4 is 25.3 Å². The van der Waals surface area contributed by atoms with Crippen molar-refractivity contribution in [3.63, 3.8) is 0 Å². The number of carbonyl (C=O) groups is 1. The van der Waals surface area contributed by atoms with Crippen molar-refractivity contribution in [2.24, 2.45) is 0 Å². The van der Waals surface area contributed by atoms with Gasteiger partial charge in [-0.2, -0.15) is 5.10 Å². The van der Waals surface area contributed by atoms with E-state index in [0.717, 1.165) is 11.1 Å². The van der Waals surface area contributed by atoms with Crippen LogP contribution in [-0.2, 0) is 24.6 Å². The summed E-state index contributed by atoms with van der Waals surface area (Å²) in [6.07, 6.45) is 4.78. The molecule has 0 aliphatic rings. The van der Waals surface area contributed by atoms with Gasteiger partial charge in [-0.15, -0.1) is 0 Å². The highest BCUT2D eigenvalue weighted by atomic mass is 31.2. The monoisotopic (exact) mass is 457 g/mol. The number of hydrogen-bond acceptors (Lipinski definition) is 5. The van der Waals surface area contributed by atoms with E-state index < -0.39 is 7.60 Å². The summed E-state index contributed by atoms with van der Waals surface area (Å²) in [7, 11) is -3.18. The first-order valence-corrected chi connectivity index (χ1v) is 11.9. The zero-order chi connectivity index (χ0) is 23.0. The summed E-state index contributed by atoms with van der Waals surface area (Å²) < 4.78 is 36.4. The Morgan fingerprint density at radius 3 is 2.38 bits per heavy atom. The number of amides is 1. The highest BCUT2D eigenvalue weighted by molar-refractivity contribution is 7.53. The molecule has 168 valence electrons. The number of carbonyl (C=O) groups excluding carboxylic acids is 1. The summed E-state index contributed by atoms with van der Waals surface area (Å²) in [6.45, 7) is 4.14. The lowest BCUT2D eigenvalue weighted by Crippen LogP contribution is -2.07. The van der Waals surface area contributed by atoms with Gasteiger partial charge in [0.15, 0.2) is 0 Å². The van der Waals surface area contributed by atoms with Gasteiger partial charge in [-0.25, -0.2) is 4.39 Å². The lowest BCUT2D eigenvalue weighted by Gasteiger charge is -2.17. The maximum atomic E-state index is 13.1. The molecule has 0 saturated heterocycles. The molecular weight excluding hydrogens is 432 g/mol. The van der Waals surface area contributed by atoms with E-state index in [1.165, 1.54) is 18.2 Å². The molecule has 2 aromatic carbocycles. The average molecular weight is 457 g/mol. The molecule has 0 aliphatic carbocycles. The summed E-state index contributed by atoms with van der Waals surface area (Å²) >= 11 is 0. The van der Waals surface area contributed by atoms with E-state index in [2.05, 4.69) is 15.5 Å². The number of benzene rings is 2. The fourth-order valence-corrected chi connectivity index (χ4v) is 4.76. The Balaban J connectivity index is 1.62. The van der Waals surface area contributed by atoms with Gasteiger partial charge < -0.3 is 14.4 Å². The molecule has 0 spiro atoms. The number of aromatic amines is 1. The summed E-state index contributed by atoms with van der Waals surface area (Å²) in [4.78, 5) is 12.3. The van der Waals surface area contributed by atoms with Crippen molar-refractivity contribution in [2.75, 3.05) is 18.5 Å². The predicted octanol–water partition coefficient (Wildman–Crippen LogP) is 5.63. The van der Waals surface area contributed by atoms with Crippen molar-refractivity contribution in [1.29, 1.82) is 0 Å². The molecule has 2 N–H and O–H groups in total. The molecular formula is C23H25FN3O4P. The smallest absolute Gasteiger partial charge is 0.323 e. The van der Waals surface area contributed by atoms with Crippen molar-refractivity contribution in [3.05, 3.63) is 77.7 Å². The van der Waals surface area contributed by atoms with Crippen molar-refractivity contribution in [1.82, 2.24) is 10.2 Å². The number of anilines is 1. The Morgan fingerprint density at radius 2 is 1.75 bits per heavy atom. The average Bonchev–Trinajstić information content (AvgIpc) is 3.23.